The molecule has 25 heavy (non-hydrogen) atoms. The third-order valence-corrected chi connectivity index (χ3v) is 5.30. The van der Waals surface area contributed by atoms with Crippen LogP contribution in [0.15, 0.2) is 24.3 Å². The third-order valence-electron chi connectivity index (χ3n) is 4.00. The fraction of sp³-hybridized carbons (Fsp3) is 0.353. The molecule has 1 aliphatic carbocycles. The zero-order valence-corrected chi connectivity index (χ0v) is 15.3. The van der Waals surface area contributed by atoms with Crippen molar-refractivity contribution >= 4 is 45.7 Å². The zero-order chi connectivity index (χ0) is 17.8. The van der Waals surface area contributed by atoms with Crippen LogP contribution >= 0.6 is 22.9 Å². The first-order valence-corrected chi connectivity index (χ1v) is 9.32. The fourth-order valence-corrected chi connectivity index (χ4v) is 3.86. The van der Waals surface area contributed by atoms with Crippen LogP contribution in [0.5, 0.6) is 0 Å². The molecule has 3 rings (SSSR count). The van der Waals surface area contributed by atoms with Crippen molar-refractivity contribution in [2.75, 3.05) is 10.6 Å². The monoisotopic (exact) mass is 378 g/mol. The van der Waals surface area contributed by atoms with E-state index in [0.29, 0.717) is 26.4 Å². The van der Waals surface area contributed by atoms with Gasteiger partial charge in [-0.1, -0.05) is 41.8 Å². The molecule has 1 saturated carbocycles. The summed E-state index contributed by atoms with van der Waals surface area (Å²) in [4.78, 5) is 29.2. The molecule has 0 spiro atoms. The SMILES string of the molecule is Cc1nc(NC(=O)Nc2cccc(Cl)c2)sc1C(=O)NC1CCCC1. The highest BCUT2D eigenvalue weighted by atomic mass is 35.5. The minimum atomic E-state index is -0.432. The number of aromatic nitrogens is 1. The molecule has 1 aromatic heterocycles. The van der Waals surface area contributed by atoms with Crippen molar-refractivity contribution in [2.45, 2.75) is 38.6 Å². The van der Waals surface area contributed by atoms with Crippen molar-refractivity contribution in [1.29, 1.82) is 0 Å². The number of carbonyl (C=O) groups is 2. The zero-order valence-electron chi connectivity index (χ0n) is 13.8. The molecule has 0 bridgehead atoms. The summed E-state index contributed by atoms with van der Waals surface area (Å²) in [6.45, 7) is 1.76. The van der Waals surface area contributed by atoms with Crippen molar-refractivity contribution in [3.8, 4) is 0 Å². The summed E-state index contributed by atoms with van der Waals surface area (Å²) in [5, 5.41) is 9.29. The molecule has 0 atom stereocenters. The molecule has 1 aliphatic rings. The maximum atomic E-state index is 12.4. The summed E-state index contributed by atoms with van der Waals surface area (Å²) in [6.07, 6.45) is 4.36. The summed E-state index contributed by atoms with van der Waals surface area (Å²) < 4.78 is 0. The van der Waals surface area contributed by atoms with Gasteiger partial charge in [-0.3, -0.25) is 10.1 Å². The Morgan fingerprint density at radius 1 is 1.24 bits per heavy atom. The number of halogens is 1. The normalized spacial score (nSPS) is 14.3. The summed E-state index contributed by atoms with van der Waals surface area (Å²) >= 11 is 7.06. The Balaban J connectivity index is 1.61. The quantitative estimate of drug-likeness (QED) is 0.736. The number of thiazole rings is 1. The summed E-state index contributed by atoms with van der Waals surface area (Å²) in [6, 6.07) is 6.67. The lowest BCUT2D eigenvalue weighted by Gasteiger charge is -2.10. The number of hydrogen-bond acceptors (Lipinski definition) is 4. The van der Waals surface area contributed by atoms with Crippen molar-refractivity contribution in [3.63, 3.8) is 0 Å². The Labute approximate surface area is 155 Å². The van der Waals surface area contributed by atoms with E-state index in [1.54, 1.807) is 31.2 Å². The Kier molecular flexibility index (Phi) is 5.55. The van der Waals surface area contributed by atoms with E-state index in [1.165, 1.54) is 11.3 Å². The number of aryl methyl sites for hydroxylation is 1. The van der Waals surface area contributed by atoms with Gasteiger partial charge >= 0.3 is 6.03 Å². The summed E-state index contributed by atoms with van der Waals surface area (Å²) in [5.74, 6) is -0.120. The number of benzene rings is 1. The molecule has 8 heteroatoms. The van der Waals surface area contributed by atoms with Gasteiger partial charge in [0.1, 0.15) is 4.88 Å². The maximum Gasteiger partial charge on any atom is 0.325 e. The predicted molar refractivity (Wildman–Crippen MR) is 101 cm³/mol. The molecule has 3 N–H and O–H groups in total. The summed E-state index contributed by atoms with van der Waals surface area (Å²) in [7, 11) is 0. The van der Waals surface area contributed by atoms with Crippen LogP contribution in [-0.2, 0) is 0 Å². The third kappa shape index (κ3) is 4.70. The molecule has 1 heterocycles. The molecule has 132 valence electrons. The smallest absolute Gasteiger partial charge is 0.325 e. The molecule has 1 fully saturated rings. The standard InChI is InChI=1S/C17H19ClN4O2S/c1-10-14(15(23)20-12-6-2-3-7-12)25-17(19-10)22-16(24)21-13-8-4-5-11(18)9-13/h4-5,8-9,12H,2-3,6-7H2,1H3,(H,20,23)(H2,19,21,22,24). The van der Waals surface area contributed by atoms with Gasteiger partial charge in [-0.25, -0.2) is 9.78 Å². The van der Waals surface area contributed by atoms with Gasteiger partial charge in [0, 0.05) is 16.8 Å². The van der Waals surface area contributed by atoms with Gasteiger partial charge in [-0.15, -0.1) is 0 Å². The van der Waals surface area contributed by atoms with Crippen molar-refractivity contribution < 1.29 is 9.59 Å². The molecular weight excluding hydrogens is 360 g/mol. The molecule has 3 amide bonds. The van der Waals surface area contributed by atoms with Crippen LogP contribution < -0.4 is 16.0 Å². The Bertz CT molecular complexity index is 787. The molecule has 0 unspecified atom stereocenters. The van der Waals surface area contributed by atoms with Gasteiger partial charge in [0.2, 0.25) is 0 Å². The van der Waals surface area contributed by atoms with Crippen LogP contribution in [0, 0.1) is 6.92 Å². The van der Waals surface area contributed by atoms with E-state index in [9.17, 15) is 9.59 Å². The van der Waals surface area contributed by atoms with Crippen molar-refractivity contribution in [3.05, 3.63) is 39.9 Å². The van der Waals surface area contributed by atoms with Crippen LogP contribution in [-0.4, -0.2) is 23.0 Å². The number of nitrogens with one attached hydrogen (secondary N) is 3. The number of urea groups is 1. The maximum absolute atomic E-state index is 12.4. The van der Waals surface area contributed by atoms with E-state index in [1.807, 2.05) is 0 Å². The van der Waals surface area contributed by atoms with Crippen LogP contribution in [0.4, 0.5) is 15.6 Å². The van der Waals surface area contributed by atoms with E-state index in [2.05, 4.69) is 20.9 Å². The Morgan fingerprint density at radius 2 is 2.00 bits per heavy atom. The number of nitrogens with zero attached hydrogens (tertiary/aromatic N) is 1. The van der Waals surface area contributed by atoms with E-state index < -0.39 is 6.03 Å². The number of amides is 3. The second kappa shape index (κ2) is 7.84. The number of rotatable bonds is 4. The fourth-order valence-electron chi connectivity index (χ4n) is 2.81. The largest absolute Gasteiger partial charge is 0.349 e. The van der Waals surface area contributed by atoms with Crippen LogP contribution in [0.3, 0.4) is 0 Å². The van der Waals surface area contributed by atoms with Gasteiger partial charge in [0.05, 0.1) is 5.69 Å². The summed E-state index contributed by atoms with van der Waals surface area (Å²) in [5.41, 5.74) is 1.19. The Morgan fingerprint density at radius 3 is 2.72 bits per heavy atom. The first kappa shape index (κ1) is 17.7. The number of hydrogen-bond donors (Lipinski definition) is 3. The van der Waals surface area contributed by atoms with Crippen LogP contribution in [0.25, 0.3) is 0 Å². The average Bonchev–Trinajstić information content (AvgIpc) is 3.16. The highest BCUT2D eigenvalue weighted by molar-refractivity contribution is 7.17. The van der Waals surface area contributed by atoms with Gasteiger partial charge < -0.3 is 10.6 Å². The molecule has 0 radical (unpaired) electrons. The minimum absolute atomic E-state index is 0.120. The number of anilines is 2. The highest BCUT2D eigenvalue weighted by Crippen LogP contribution is 2.24. The lowest BCUT2D eigenvalue weighted by atomic mass is 10.2. The van der Waals surface area contributed by atoms with E-state index in [-0.39, 0.29) is 11.9 Å². The van der Waals surface area contributed by atoms with E-state index in [0.717, 1.165) is 25.7 Å². The van der Waals surface area contributed by atoms with E-state index >= 15 is 0 Å². The Hall–Kier alpha value is -2.12. The topological polar surface area (TPSA) is 83.1 Å². The second-order valence-corrected chi connectivity index (χ2v) is 7.41. The van der Waals surface area contributed by atoms with Crippen LogP contribution in [0.2, 0.25) is 5.02 Å². The molecular formula is C17H19ClN4O2S. The lowest BCUT2D eigenvalue weighted by molar-refractivity contribution is 0.0941. The van der Waals surface area contributed by atoms with Gasteiger partial charge in [0.15, 0.2) is 5.13 Å². The lowest BCUT2D eigenvalue weighted by Crippen LogP contribution is -2.32. The molecule has 0 saturated heterocycles. The van der Waals surface area contributed by atoms with Gasteiger partial charge in [-0.2, -0.15) is 0 Å². The molecule has 6 nitrogen and oxygen atoms in total. The highest BCUT2D eigenvalue weighted by Gasteiger charge is 2.21. The number of carbonyl (C=O) groups excluding carboxylic acids is 2. The van der Waals surface area contributed by atoms with Crippen LogP contribution in [0.1, 0.15) is 41.0 Å². The minimum Gasteiger partial charge on any atom is -0.349 e. The molecule has 1 aromatic carbocycles. The van der Waals surface area contributed by atoms with Gasteiger partial charge in [-0.05, 0) is 38.0 Å². The first-order valence-electron chi connectivity index (χ1n) is 8.13. The molecule has 2 aromatic rings. The van der Waals surface area contributed by atoms with Crippen molar-refractivity contribution in [1.82, 2.24) is 10.3 Å². The van der Waals surface area contributed by atoms with Crippen molar-refractivity contribution in [2.24, 2.45) is 0 Å². The predicted octanol–water partition coefficient (Wildman–Crippen LogP) is 4.42. The van der Waals surface area contributed by atoms with E-state index in [4.69, 9.17) is 11.6 Å². The van der Waals surface area contributed by atoms with Gasteiger partial charge in [0.25, 0.3) is 5.91 Å². The average molecular weight is 379 g/mol. The molecule has 0 aliphatic heterocycles. The first-order chi connectivity index (χ1) is 12.0. The second-order valence-electron chi connectivity index (χ2n) is 5.98.